The molecule has 1 rings (SSSR count). The highest BCUT2D eigenvalue weighted by molar-refractivity contribution is 5.83. The van der Waals surface area contributed by atoms with Crippen LogP contribution >= 0.6 is 0 Å². The Bertz CT molecular complexity index is 305. The van der Waals surface area contributed by atoms with Gasteiger partial charge in [-0.25, -0.2) is 0 Å². The summed E-state index contributed by atoms with van der Waals surface area (Å²) in [5.74, 6) is 0.324. The minimum absolute atomic E-state index is 0.0164. The van der Waals surface area contributed by atoms with E-state index in [2.05, 4.69) is 19.2 Å². The van der Waals surface area contributed by atoms with Crippen molar-refractivity contribution < 1.29 is 9.59 Å². The molecule has 0 spiro atoms. The van der Waals surface area contributed by atoms with E-state index in [0.29, 0.717) is 18.9 Å². The Morgan fingerprint density at radius 1 is 1.44 bits per heavy atom. The molecule has 0 bridgehead atoms. The fourth-order valence-corrected chi connectivity index (χ4v) is 2.44. The zero-order valence-corrected chi connectivity index (χ0v) is 11.6. The molecule has 1 fully saturated rings. The third kappa shape index (κ3) is 3.98. The summed E-state index contributed by atoms with van der Waals surface area (Å²) >= 11 is 0. The van der Waals surface area contributed by atoms with E-state index in [1.807, 2.05) is 0 Å². The zero-order chi connectivity index (χ0) is 13.7. The third-order valence-electron chi connectivity index (χ3n) is 3.39. The van der Waals surface area contributed by atoms with Crippen LogP contribution in [0.4, 0.5) is 0 Å². The van der Waals surface area contributed by atoms with E-state index in [1.54, 1.807) is 11.9 Å². The first-order chi connectivity index (χ1) is 8.45. The maximum absolute atomic E-state index is 12.2. The van der Waals surface area contributed by atoms with Crippen molar-refractivity contribution in [2.24, 2.45) is 17.6 Å². The average molecular weight is 255 g/mol. The quantitative estimate of drug-likeness (QED) is 0.761. The molecule has 0 aliphatic carbocycles. The first kappa shape index (κ1) is 15.0. The lowest BCUT2D eigenvalue weighted by Crippen LogP contribution is -2.50. The molecule has 0 saturated carbocycles. The number of hydrogen-bond acceptors (Lipinski definition) is 3. The molecule has 1 aliphatic heterocycles. The van der Waals surface area contributed by atoms with Gasteiger partial charge < -0.3 is 16.0 Å². The number of hydrogen-bond donors (Lipinski definition) is 2. The smallest absolute Gasteiger partial charge is 0.239 e. The zero-order valence-electron chi connectivity index (χ0n) is 11.6. The van der Waals surface area contributed by atoms with Gasteiger partial charge in [0.05, 0.1) is 12.0 Å². The molecule has 0 aromatic carbocycles. The van der Waals surface area contributed by atoms with Crippen LogP contribution < -0.4 is 11.1 Å². The Hall–Kier alpha value is -1.10. The first-order valence-corrected chi connectivity index (χ1v) is 6.71. The van der Waals surface area contributed by atoms with E-state index >= 15 is 0 Å². The molecule has 1 unspecified atom stereocenters. The van der Waals surface area contributed by atoms with Gasteiger partial charge in [-0.3, -0.25) is 9.59 Å². The molecule has 18 heavy (non-hydrogen) atoms. The second kappa shape index (κ2) is 6.73. The minimum Gasteiger partial charge on any atom is -0.359 e. The second-order valence-electron chi connectivity index (χ2n) is 5.47. The molecule has 5 nitrogen and oxygen atoms in total. The van der Waals surface area contributed by atoms with Crippen LogP contribution in [0.5, 0.6) is 0 Å². The van der Waals surface area contributed by atoms with Gasteiger partial charge in [0.2, 0.25) is 11.8 Å². The van der Waals surface area contributed by atoms with Gasteiger partial charge in [0.25, 0.3) is 0 Å². The number of nitrogens with one attached hydrogen (secondary N) is 1. The van der Waals surface area contributed by atoms with Crippen LogP contribution in [-0.2, 0) is 9.59 Å². The van der Waals surface area contributed by atoms with Crippen molar-refractivity contribution in [1.82, 2.24) is 10.2 Å². The number of carbonyl (C=O) groups is 2. The summed E-state index contributed by atoms with van der Waals surface area (Å²) in [4.78, 5) is 25.5. The maximum atomic E-state index is 12.2. The van der Waals surface area contributed by atoms with Gasteiger partial charge >= 0.3 is 0 Å². The summed E-state index contributed by atoms with van der Waals surface area (Å²) in [5, 5.41) is 2.65. The normalized spacial score (nSPS) is 21.8. The lowest BCUT2D eigenvalue weighted by molar-refractivity contribution is -0.137. The molecule has 0 aromatic rings. The van der Waals surface area contributed by atoms with Crippen molar-refractivity contribution in [3.63, 3.8) is 0 Å². The monoisotopic (exact) mass is 255 g/mol. The molecule has 0 radical (unpaired) electrons. The summed E-state index contributed by atoms with van der Waals surface area (Å²) in [5.41, 5.74) is 5.91. The van der Waals surface area contributed by atoms with Gasteiger partial charge in [0, 0.05) is 20.1 Å². The van der Waals surface area contributed by atoms with E-state index in [9.17, 15) is 9.59 Å². The summed E-state index contributed by atoms with van der Waals surface area (Å²) in [6.45, 7) is 5.33. The molecule has 3 N–H and O–H groups in total. The maximum Gasteiger partial charge on any atom is 0.239 e. The summed E-state index contributed by atoms with van der Waals surface area (Å²) in [6.07, 6.45) is 2.42. The number of nitrogens with zero attached hydrogens (tertiary/aromatic N) is 1. The van der Waals surface area contributed by atoms with Crippen molar-refractivity contribution in [3.8, 4) is 0 Å². The van der Waals surface area contributed by atoms with Gasteiger partial charge in [-0.2, -0.15) is 0 Å². The van der Waals surface area contributed by atoms with E-state index in [4.69, 9.17) is 5.73 Å². The van der Waals surface area contributed by atoms with Crippen LogP contribution in [0, 0.1) is 11.8 Å². The highest BCUT2D eigenvalue weighted by Gasteiger charge is 2.30. The van der Waals surface area contributed by atoms with Crippen LogP contribution in [0.25, 0.3) is 0 Å². The lowest BCUT2D eigenvalue weighted by atomic mass is 9.95. The molecule has 5 heteroatoms. The molecular formula is C13H25N3O2. The Morgan fingerprint density at radius 3 is 2.67 bits per heavy atom. The Labute approximate surface area is 109 Å². The number of rotatable bonds is 4. The highest BCUT2D eigenvalue weighted by Crippen LogP contribution is 2.18. The average Bonchev–Trinajstić information content (AvgIpc) is 2.36. The topological polar surface area (TPSA) is 75.4 Å². The molecule has 1 saturated heterocycles. The van der Waals surface area contributed by atoms with Crippen molar-refractivity contribution in [3.05, 3.63) is 0 Å². The summed E-state index contributed by atoms with van der Waals surface area (Å²) < 4.78 is 0. The molecule has 1 heterocycles. The van der Waals surface area contributed by atoms with Crippen LogP contribution in [0.15, 0.2) is 0 Å². The Kier molecular flexibility index (Phi) is 5.59. The van der Waals surface area contributed by atoms with Gasteiger partial charge in [-0.05, 0) is 25.2 Å². The van der Waals surface area contributed by atoms with Crippen molar-refractivity contribution in [2.75, 3.05) is 20.1 Å². The largest absolute Gasteiger partial charge is 0.359 e. The van der Waals surface area contributed by atoms with Gasteiger partial charge in [-0.1, -0.05) is 13.8 Å². The molecular weight excluding hydrogens is 230 g/mol. The number of likely N-dealkylation sites (tertiary alicyclic amines) is 1. The summed E-state index contributed by atoms with van der Waals surface area (Å²) in [7, 11) is 1.63. The lowest BCUT2D eigenvalue weighted by Gasteiger charge is -2.33. The number of nitrogens with two attached hydrogens (primary N) is 1. The molecule has 1 aliphatic rings. The van der Waals surface area contributed by atoms with Crippen LogP contribution in [0.1, 0.15) is 33.1 Å². The molecule has 2 amide bonds. The van der Waals surface area contributed by atoms with Crippen LogP contribution in [-0.4, -0.2) is 42.9 Å². The molecule has 104 valence electrons. The molecule has 0 aromatic heterocycles. The number of piperidine rings is 1. The van der Waals surface area contributed by atoms with E-state index in [0.717, 1.165) is 19.4 Å². The SMILES string of the molecule is CNC(=O)C1CCCN(C(=O)[C@H](N)CC(C)C)C1. The van der Waals surface area contributed by atoms with Gasteiger partial charge in [0.1, 0.15) is 0 Å². The van der Waals surface area contributed by atoms with Crippen molar-refractivity contribution in [1.29, 1.82) is 0 Å². The van der Waals surface area contributed by atoms with E-state index < -0.39 is 6.04 Å². The number of amides is 2. The molecule has 2 atom stereocenters. The third-order valence-corrected chi connectivity index (χ3v) is 3.39. The fourth-order valence-electron chi connectivity index (χ4n) is 2.44. The van der Waals surface area contributed by atoms with Crippen molar-refractivity contribution >= 4 is 11.8 Å². The minimum atomic E-state index is -0.437. The fraction of sp³-hybridized carbons (Fsp3) is 0.846. The second-order valence-corrected chi connectivity index (χ2v) is 5.47. The predicted octanol–water partition coefficient (Wildman–Crippen LogP) is 0.344. The van der Waals surface area contributed by atoms with Gasteiger partial charge in [0.15, 0.2) is 0 Å². The summed E-state index contributed by atoms with van der Waals surface area (Å²) in [6, 6.07) is -0.437. The number of carbonyl (C=O) groups excluding carboxylic acids is 2. The Morgan fingerprint density at radius 2 is 2.11 bits per heavy atom. The van der Waals surface area contributed by atoms with Crippen molar-refractivity contribution in [2.45, 2.75) is 39.2 Å². The van der Waals surface area contributed by atoms with E-state index in [1.165, 1.54) is 0 Å². The standard InChI is InChI=1S/C13H25N3O2/c1-9(2)7-11(14)13(18)16-6-4-5-10(8-16)12(17)15-3/h9-11H,4-8,14H2,1-3H3,(H,15,17)/t10?,11-/m1/s1. The van der Waals surface area contributed by atoms with Crippen LogP contribution in [0.2, 0.25) is 0 Å². The predicted molar refractivity (Wildman–Crippen MR) is 70.8 cm³/mol. The first-order valence-electron chi connectivity index (χ1n) is 6.71. The highest BCUT2D eigenvalue weighted by atomic mass is 16.2. The van der Waals surface area contributed by atoms with Gasteiger partial charge in [-0.15, -0.1) is 0 Å². The Balaban J connectivity index is 2.55. The van der Waals surface area contributed by atoms with Crippen LogP contribution in [0.3, 0.4) is 0 Å². The van der Waals surface area contributed by atoms with E-state index in [-0.39, 0.29) is 17.7 Å².